The molecule has 2 rings (SSSR count). The molecule has 14 heteroatoms. The number of phenolic OH excluding ortho intramolecular Hbond substituents is 1. The number of phenols is 1. The summed E-state index contributed by atoms with van der Waals surface area (Å²) < 4.78 is 5.76. The van der Waals surface area contributed by atoms with E-state index in [0.29, 0.717) is 24.3 Å². The normalized spacial score (nSPS) is 15.3. The molecule has 52 heavy (non-hydrogen) atoms. The fourth-order valence-electron chi connectivity index (χ4n) is 5.68. The number of nitrogens with one attached hydrogen (secondary N) is 2. The van der Waals surface area contributed by atoms with Gasteiger partial charge in [0.2, 0.25) is 11.8 Å². The number of rotatable bonds is 19. The number of nitrogens with zero attached hydrogens (tertiary/aromatic N) is 3. The molecule has 0 aliphatic heterocycles. The number of ether oxygens (including phenoxy) is 1. The van der Waals surface area contributed by atoms with Crippen LogP contribution in [0, 0.1) is 17.8 Å². The number of amides is 3. The number of carbonyl (C=O) groups is 5. The molecule has 5 N–H and O–H groups in total. The van der Waals surface area contributed by atoms with Gasteiger partial charge in [-0.1, -0.05) is 47.1 Å². The Morgan fingerprint density at radius 1 is 1.02 bits per heavy atom. The highest BCUT2D eigenvalue weighted by Gasteiger charge is 2.38. The number of hydrogen-bond acceptors (Lipinski definition) is 11. The number of hydrogen-bond donors (Lipinski definition) is 4. The second-order valence-electron chi connectivity index (χ2n) is 15.0. The van der Waals surface area contributed by atoms with Crippen molar-refractivity contribution in [1.82, 2.24) is 25.4 Å². The van der Waals surface area contributed by atoms with Crippen LogP contribution < -0.4 is 16.4 Å². The van der Waals surface area contributed by atoms with Crippen molar-refractivity contribution in [2.24, 2.45) is 17.8 Å². The maximum atomic E-state index is 14.1. The van der Waals surface area contributed by atoms with Crippen molar-refractivity contribution in [3.8, 4) is 5.75 Å². The van der Waals surface area contributed by atoms with E-state index in [1.807, 2.05) is 41.8 Å². The van der Waals surface area contributed by atoms with Crippen LogP contribution in [0.4, 0.5) is 5.69 Å². The first kappa shape index (κ1) is 44.1. The maximum absolute atomic E-state index is 14.1. The number of likely N-dealkylation sites (N-methyl/N-ethyl adjacent to an activating group) is 2. The highest BCUT2D eigenvalue weighted by Crippen LogP contribution is 2.31. The molecule has 0 saturated carbocycles. The van der Waals surface area contributed by atoms with Crippen LogP contribution in [0.25, 0.3) is 0 Å². The van der Waals surface area contributed by atoms with E-state index in [1.165, 1.54) is 31.3 Å². The molecule has 0 fully saturated rings. The topological polar surface area (TPSA) is 184 Å². The summed E-state index contributed by atoms with van der Waals surface area (Å²) in [5, 5.41) is 17.8. The minimum Gasteiger partial charge on any atom is -0.506 e. The first-order valence-electron chi connectivity index (χ1n) is 17.9. The van der Waals surface area contributed by atoms with Crippen LogP contribution in [0.5, 0.6) is 5.75 Å². The number of anilines is 1. The summed E-state index contributed by atoms with van der Waals surface area (Å²) in [4.78, 5) is 73.5. The van der Waals surface area contributed by atoms with Crippen LogP contribution in [0.15, 0.2) is 23.6 Å². The summed E-state index contributed by atoms with van der Waals surface area (Å²) >= 11 is 1.17. The van der Waals surface area contributed by atoms with Crippen LogP contribution >= 0.6 is 11.3 Å². The highest BCUT2D eigenvalue weighted by atomic mass is 32.1. The Labute approximate surface area is 313 Å². The van der Waals surface area contributed by atoms with E-state index < -0.39 is 41.6 Å². The molecule has 0 radical (unpaired) electrons. The van der Waals surface area contributed by atoms with E-state index in [0.717, 1.165) is 5.56 Å². The van der Waals surface area contributed by atoms with Gasteiger partial charge in [0, 0.05) is 43.8 Å². The lowest BCUT2D eigenvalue weighted by molar-refractivity contribution is -0.149. The third-order valence-electron chi connectivity index (χ3n) is 10.1. The van der Waals surface area contributed by atoms with Crippen LogP contribution in [-0.4, -0.2) is 94.2 Å². The first-order chi connectivity index (χ1) is 24.1. The van der Waals surface area contributed by atoms with Crippen LogP contribution in [0.2, 0.25) is 0 Å². The molecule has 0 aliphatic carbocycles. The quantitative estimate of drug-likeness (QED) is 0.0891. The average Bonchev–Trinajstić information content (AvgIpc) is 3.56. The zero-order chi connectivity index (χ0) is 39.7. The summed E-state index contributed by atoms with van der Waals surface area (Å²) in [7, 11) is 5.32. The van der Waals surface area contributed by atoms with Gasteiger partial charge in [-0.25, -0.2) is 4.98 Å². The Balaban J connectivity index is 2.37. The van der Waals surface area contributed by atoms with E-state index >= 15 is 0 Å². The number of ketones is 1. The number of benzene rings is 1. The molecule has 6 atom stereocenters. The zero-order valence-electron chi connectivity index (χ0n) is 32.9. The van der Waals surface area contributed by atoms with Crippen LogP contribution in [0.1, 0.15) is 109 Å². The Bertz CT molecular complexity index is 1560. The average molecular weight is 745 g/mol. The van der Waals surface area contributed by atoms with Crippen molar-refractivity contribution >= 4 is 46.5 Å². The van der Waals surface area contributed by atoms with Crippen LogP contribution in [-0.2, 0) is 30.3 Å². The molecule has 1 aromatic carbocycles. The van der Waals surface area contributed by atoms with Gasteiger partial charge >= 0.3 is 5.97 Å². The molecule has 1 aromatic heterocycles. The molecule has 3 amide bonds. The number of aromatic nitrogens is 1. The molecule has 0 aliphatic rings. The largest absolute Gasteiger partial charge is 0.506 e. The van der Waals surface area contributed by atoms with Gasteiger partial charge in [-0.15, -0.1) is 11.3 Å². The van der Waals surface area contributed by atoms with E-state index in [9.17, 15) is 29.1 Å². The van der Waals surface area contributed by atoms with Crippen molar-refractivity contribution in [3.05, 3.63) is 39.8 Å². The van der Waals surface area contributed by atoms with Gasteiger partial charge in [-0.2, -0.15) is 0 Å². The van der Waals surface area contributed by atoms with E-state index in [1.54, 1.807) is 55.1 Å². The van der Waals surface area contributed by atoms with Gasteiger partial charge < -0.3 is 31.1 Å². The standard InChI is InChI=1S/C38H60N6O7S/c1-13-22(4)33(42-37(50)38(8,9)43(10)11)36(49)44(12)30(21(2)3)19-32(51-25(7)46)35-41-29(20-52-35)34(48)40-27(16-23(5)24(6)45)17-26-14-15-31(47)28(39)18-26/h14-15,18,20-23,27,30,32-33,47H,13,16-17,19,39H2,1-12H3,(H,40,48)(H,42,50)/t22-,23?,27+,30+,32+,33-/m0/s1. The third kappa shape index (κ3) is 12.0. The molecule has 1 unspecified atom stereocenters. The Kier molecular flexibility index (Phi) is 16.3. The molecule has 0 saturated heterocycles. The third-order valence-corrected chi connectivity index (χ3v) is 11.0. The van der Waals surface area contributed by atoms with E-state index in [-0.39, 0.29) is 58.9 Å². The van der Waals surface area contributed by atoms with Gasteiger partial charge in [0.05, 0.1) is 11.2 Å². The molecule has 13 nitrogen and oxygen atoms in total. The SMILES string of the molecule is CC[C@H](C)[C@H](NC(=O)C(C)(C)N(C)C)C(=O)N(C)[C@H](C[C@@H](OC(C)=O)c1nc(C(=O)N[C@@H](Cc2ccc(O)c(N)c2)CC(C)C(C)=O)cs1)C(C)C. The lowest BCUT2D eigenvalue weighted by Crippen LogP contribution is -2.60. The summed E-state index contributed by atoms with van der Waals surface area (Å²) in [6.45, 7) is 16.0. The lowest BCUT2D eigenvalue weighted by atomic mass is 9.92. The number of esters is 1. The summed E-state index contributed by atoms with van der Waals surface area (Å²) in [5.74, 6) is -2.11. The molecule has 0 spiro atoms. The lowest BCUT2D eigenvalue weighted by Gasteiger charge is -2.38. The smallest absolute Gasteiger partial charge is 0.303 e. The molecular weight excluding hydrogens is 685 g/mol. The number of aromatic hydroxyl groups is 1. The van der Waals surface area contributed by atoms with Gasteiger partial charge in [0.25, 0.3) is 5.91 Å². The van der Waals surface area contributed by atoms with Crippen molar-refractivity contribution < 1.29 is 33.8 Å². The van der Waals surface area contributed by atoms with Crippen molar-refractivity contribution in [1.29, 1.82) is 0 Å². The second-order valence-corrected chi connectivity index (χ2v) is 15.9. The van der Waals surface area contributed by atoms with Crippen LogP contribution in [0.3, 0.4) is 0 Å². The maximum Gasteiger partial charge on any atom is 0.303 e. The minimum atomic E-state index is -0.857. The number of thiazole rings is 1. The molecule has 290 valence electrons. The van der Waals surface area contributed by atoms with Gasteiger partial charge in [0.15, 0.2) is 6.10 Å². The van der Waals surface area contributed by atoms with Crippen molar-refractivity contribution in [2.75, 3.05) is 26.9 Å². The molecule has 1 heterocycles. The van der Waals surface area contributed by atoms with Gasteiger partial charge in [-0.3, -0.25) is 28.9 Å². The number of carbonyl (C=O) groups excluding carboxylic acids is 5. The van der Waals surface area contributed by atoms with E-state index in [2.05, 4.69) is 15.6 Å². The predicted octanol–water partition coefficient (Wildman–Crippen LogP) is 4.74. The van der Waals surface area contributed by atoms with Crippen molar-refractivity contribution in [2.45, 2.75) is 118 Å². The zero-order valence-corrected chi connectivity index (χ0v) is 33.7. The minimum absolute atomic E-state index is 0.0111. The fraction of sp³-hybridized carbons (Fsp3) is 0.632. The summed E-state index contributed by atoms with van der Waals surface area (Å²) in [6.07, 6.45) is 0.749. The van der Waals surface area contributed by atoms with Crippen molar-refractivity contribution in [3.63, 3.8) is 0 Å². The molecule has 0 bridgehead atoms. The highest BCUT2D eigenvalue weighted by molar-refractivity contribution is 7.09. The van der Waals surface area contributed by atoms with Gasteiger partial charge in [-0.05, 0) is 77.2 Å². The van der Waals surface area contributed by atoms with Gasteiger partial charge in [0.1, 0.15) is 28.3 Å². The predicted molar refractivity (Wildman–Crippen MR) is 204 cm³/mol. The van der Waals surface area contributed by atoms with E-state index in [4.69, 9.17) is 10.5 Å². The summed E-state index contributed by atoms with van der Waals surface area (Å²) in [6, 6.07) is 3.19. The Morgan fingerprint density at radius 3 is 2.17 bits per heavy atom. The number of nitrogens with two attached hydrogens (primary N) is 1. The Hall–Kier alpha value is -4.04. The fourth-order valence-corrected chi connectivity index (χ4v) is 6.52. The Morgan fingerprint density at radius 2 is 1.65 bits per heavy atom. The first-order valence-corrected chi connectivity index (χ1v) is 18.7. The number of Topliss-reactive ketones (excluding diaryl/α,β-unsaturated/α-hetero) is 1. The number of nitrogen functional groups attached to an aromatic ring is 1. The molecular formula is C38H60N6O7S. The molecule has 2 aromatic rings. The summed E-state index contributed by atoms with van der Waals surface area (Å²) in [5.41, 5.74) is 6.16. The second kappa shape index (κ2) is 19.2. The monoisotopic (exact) mass is 744 g/mol.